The van der Waals surface area contributed by atoms with Gasteiger partial charge >= 0.3 is 0 Å². The lowest BCUT2D eigenvalue weighted by atomic mass is 10.0. The van der Waals surface area contributed by atoms with Crippen molar-refractivity contribution in [1.82, 2.24) is 0 Å². The molecule has 0 aliphatic carbocycles. The first kappa shape index (κ1) is 15.2. The number of rotatable bonds is 4. The van der Waals surface area contributed by atoms with Crippen LogP contribution in [0, 0.1) is 23.6 Å². The number of halogens is 1. The number of anilines is 1. The number of amides is 1. The van der Waals surface area contributed by atoms with Crippen molar-refractivity contribution >= 4 is 11.6 Å². The molecule has 0 spiro atoms. The number of aliphatic hydroxyl groups excluding tert-OH is 1. The fourth-order valence-corrected chi connectivity index (χ4v) is 1.53. The van der Waals surface area contributed by atoms with Crippen LogP contribution >= 0.6 is 0 Å². The number of benzene rings is 1. The van der Waals surface area contributed by atoms with Crippen LogP contribution in [0.1, 0.15) is 32.3 Å². The second-order valence-electron chi connectivity index (χ2n) is 4.42. The van der Waals surface area contributed by atoms with Crippen LogP contribution in [0.25, 0.3) is 0 Å². The molecule has 0 aromatic heterocycles. The molecule has 0 aliphatic heterocycles. The first-order valence-electron chi connectivity index (χ1n) is 6.26. The van der Waals surface area contributed by atoms with Gasteiger partial charge in [0.25, 0.3) is 0 Å². The molecule has 0 aliphatic rings. The number of carbonyl (C=O) groups excluding carboxylic acids is 1. The van der Waals surface area contributed by atoms with Crippen LogP contribution in [0.2, 0.25) is 0 Å². The third kappa shape index (κ3) is 5.11. The van der Waals surface area contributed by atoms with Crippen LogP contribution in [0.3, 0.4) is 0 Å². The molecule has 1 unspecified atom stereocenters. The predicted octanol–water partition coefficient (Wildman–Crippen LogP) is 2.54. The summed E-state index contributed by atoms with van der Waals surface area (Å²) in [6.45, 7) is 3.71. The van der Waals surface area contributed by atoms with Crippen molar-refractivity contribution in [3.8, 4) is 11.8 Å². The summed E-state index contributed by atoms with van der Waals surface area (Å²) in [5.41, 5.74) is 0.835. The zero-order chi connectivity index (χ0) is 14.3. The second-order valence-corrected chi connectivity index (χ2v) is 4.42. The van der Waals surface area contributed by atoms with E-state index < -0.39 is 5.82 Å². The Labute approximate surface area is 112 Å². The first-order chi connectivity index (χ1) is 9.06. The van der Waals surface area contributed by atoms with Crippen LogP contribution < -0.4 is 5.32 Å². The Balaban J connectivity index is 2.85. The molecule has 0 radical (unpaired) electrons. The van der Waals surface area contributed by atoms with Crippen LogP contribution in [-0.4, -0.2) is 17.6 Å². The molecular formula is C15H18FNO2. The van der Waals surface area contributed by atoms with E-state index in [0.717, 1.165) is 6.42 Å². The van der Waals surface area contributed by atoms with Gasteiger partial charge in [-0.25, -0.2) is 4.39 Å². The van der Waals surface area contributed by atoms with E-state index in [4.69, 9.17) is 5.11 Å². The molecule has 0 fully saturated rings. The van der Waals surface area contributed by atoms with E-state index in [-0.39, 0.29) is 12.5 Å². The van der Waals surface area contributed by atoms with E-state index >= 15 is 0 Å². The van der Waals surface area contributed by atoms with Gasteiger partial charge in [-0.15, -0.1) is 0 Å². The van der Waals surface area contributed by atoms with Crippen LogP contribution in [0.4, 0.5) is 10.1 Å². The highest BCUT2D eigenvalue weighted by atomic mass is 19.1. The highest BCUT2D eigenvalue weighted by Crippen LogP contribution is 2.17. The molecule has 102 valence electrons. The maximum Gasteiger partial charge on any atom is 0.224 e. The van der Waals surface area contributed by atoms with Crippen LogP contribution in [-0.2, 0) is 4.79 Å². The molecule has 0 heterocycles. The summed E-state index contributed by atoms with van der Waals surface area (Å²) in [5.74, 6) is 4.82. The quantitative estimate of drug-likeness (QED) is 0.820. The first-order valence-corrected chi connectivity index (χ1v) is 6.26. The number of hydrogen-bond donors (Lipinski definition) is 2. The summed E-state index contributed by atoms with van der Waals surface area (Å²) in [6, 6.07) is 3.98. The monoisotopic (exact) mass is 263 g/mol. The molecule has 0 saturated heterocycles. The average molecular weight is 263 g/mol. The van der Waals surface area contributed by atoms with E-state index in [1.165, 1.54) is 18.2 Å². The molecule has 0 saturated carbocycles. The minimum absolute atomic E-state index is 0.118. The summed E-state index contributed by atoms with van der Waals surface area (Å²) in [5, 5.41) is 11.4. The van der Waals surface area contributed by atoms with Crippen molar-refractivity contribution in [3.05, 3.63) is 29.6 Å². The van der Waals surface area contributed by atoms with Gasteiger partial charge in [0.05, 0.1) is 11.3 Å². The Morgan fingerprint density at radius 3 is 2.89 bits per heavy atom. The predicted molar refractivity (Wildman–Crippen MR) is 73.1 cm³/mol. The van der Waals surface area contributed by atoms with Gasteiger partial charge in [-0.05, 0) is 24.1 Å². The van der Waals surface area contributed by atoms with E-state index in [9.17, 15) is 9.18 Å². The number of hydrogen-bond acceptors (Lipinski definition) is 2. The Bertz CT molecular complexity index is 503. The zero-order valence-electron chi connectivity index (χ0n) is 11.2. The maximum absolute atomic E-state index is 13.1. The van der Waals surface area contributed by atoms with Gasteiger partial charge in [0.2, 0.25) is 5.91 Å². The lowest BCUT2D eigenvalue weighted by molar-refractivity contribution is -0.117. The van der Waals surface area contributed by atoms with Gasteiger partial charge in [0.15, 0.2) is 0 Å². The summed E-state index contributed by atoms with van der Waals surface area (Å²) in [7, 11) is 0. The topological polar surface area (TPSA) is 49.3 Å². The van der Waals surface area contributed by atoms with E-state index in [0.29, 0.717) is 23.6 Å². The molecule has 4 heteroatoms. The van der Waals surface area contributed by atoms with E-state index in [1.54, 1.807) is 0 Å². The molecule has 2 N–H and O–H groups in total. The Kier molecular flexibility index (Phi) is 6.04. The van der Waals surface area contributed by atoms with Crippen molar-refractivity contribution in [1.29, 1.82) is 0 Å². The zero-order valence-corrected chi connectivity index (χ0v) is 11.2. The van der Waals surface area contributed by atoms with Gasteiger partial charge in [-0.2, -0.15) is 0 Å². The molecule has 19 heavy (non-hydrogen) atoms. The standard InChI is InChI=1S/C15H18FNO2/c1-3-11(2)9-15(19)17-14-7-6-13(16)10-12(14)5-4-8-18/h6-7,10-11,18H,3,8-9H2,1-2H3,(H,17,19). The molecule has 0 bridgehead atoms. The third-order valence-electron chi connectivity index (χ3n) is 2.79. The summed E-state index contributed by atoms with van der Waals surface area (Å²) in [4.78, 5) is 11.8. The maximum atomic E-state index is 13.1. The van der Waals surface area contributed by atoms with E-state index in [2.05, 4.69) is 17.2 Å². The Hall–Kier alpha value is -1.86. The number of aliphatic hydroxyl groups is 1. The fourth-order valence-electron chi connectivity index (χ4n) is 1.53. The van der Waals surface area contributed by atoms with E-state index in [1.807, 2.05) is 13.8 Å². The summed E-state index contributed by atoms with van der Waals surface area (Å²) >= 11 is 0. The van der Waals surface area contributed by atoms with Crippen LogP contribution in [0.5, 0.6) is 0 Å². The van der Waals surface area contributed by atoms with Crippen molar-refractivity contribution < 1.29 is 14.3 Å². The van der Waals surface area contributed by atoms with Crippen molar-refractivity contribution in [2.24, 2.45) is 5.92 Å². The number of nitrogens with one attached hydrogen (secondary N) is 1. The van der Waals surface area contributed by atoms with Gasteiger partial charge in [-0.3, -0.25) is 4.79 Å². The lowest BCUT2D eigenvalue weighted by Crippen LogP contribution is -2.15. The molecule has 1 atom stereocenters. The molecule has 1 rings (SSSR count). The number of carbonyl (C=O) groups is 1. The fraction of sp³-hybridized carbons (Fsp3) is 0.400. The minimum atomic E-state index is -0.429. The molecule has 3 nitrogen and oxygen atoms in total. The Morgan fingerprint density at radius 2 is 2.26 bits per heavy atom. The van der Waals surface area contributed by atoms with Crippen LogP contribution in [0.15, 0.2) is 18.2 Å². The van der Waals surface area contributed by atoms with Gasteiger partial charge in [0.1, 0.15) is 12.4 Å². The second kappa shape index (κ2) is 7.55. The molecular weight excluding hydrogens is 245 g/mol. The largest absolute Gasteiger partial charge is 0.384 e. The van der Waals surface area contributed by atoms with Crippen molar-refractivity contribution in [2.75, 3.05) is 11.9 Å². The highest BCUT2D eigenvalue weighted by molar-refractivity contribution is 5.92. The summed E-state index contributed by atoms with van der Waals surface area (Å²) in [6.07, 6.45) is 1.34. The molecule has 1 aromatic rings. The minimum Gasteiger partial charge on any atom is -0.384 e. The van der Waals surface area contributed by atoms with Crippen molar-refractivity contribution in [2.45, 2.75) is 26.7 Å². The third-order valence-corrected chi connectivity index (χ3v) is 2.79. The lowest BCUT2D eigenvalue weighted by Gasteiger charge is -2.10. The average Bonchev–Trinajstić information content (AvgIpc) is 2.38. The normalized spacial score (nSPS) is 11.4. The summed E-state index contributed by atoms with van der Waals surface area (Å²) < 4.78 is 13.1. The molecule has 1 aromatic carbocycles. The van der Waals surface area contributed by atoms with Gasteiger partial charge in [-0.1, -0.05) is 32.1 Å². The van der Waals surface area contributed by atoms with Gasteiger partial charge in [0, 0.05) is 6.42 Å². The molecule has 1 amide bonds. The highest BCUT2D eigenvalue weighted by Gasteiger charge is 2.10. The van der Waals surface area contributed by atoms with Crippen molar-refractivity contribution in [3.63, 3.8) is 0 Å². The SMILES string of the molecule is CCC(C)CC(=O)Nc1ccc(F)cc1C#CCO. The van der Waals surface area contributed by atoms with Gasteiger partial charge < -0.3 is 10.4 Å². The smallest absolute Gasteiger partial charge is 0.224 e. The Morgan fingerprint density at radius 1 is 1.53 bits per heavy atom.